The lowest BCUT2D eigenvalue weighted by Crippen LogP contribution is -2.49. The van der Waals surface area contributed by atoms with Gasteiger partial charge in [-0.3, -0.25) is 4.90 Å². The van der Waals surface area contributed by atoms with E-state index in [0.29, 0.717) is 0 Å². The van der Waals surface area contributed by atoms with Crippen LogP contribution >= 0.6 is 0 Å². The minimum absolute atomic E-state index is 0.0465. The molecular formula is C10H20N2O. The number of nitrogens with zero attached hydrogens (tertiary/aromatic N) is 2. The summed E-state index contributed by atoms with van der Waals surface area (Å²) in [6.07, 6.45) is 6.55. The summed E-state index contributed by atoms with van der Waals surface area (Å²) in [5, 5.41) is 11.8. The summed E-state index contributed by atoms with van der Waals surface area (Å²) in [6.45, 7) is 6.54. The second kappa shape index (κ2) is 4.61. The second-order valence-corrected chi connectivity index (χ2v) is 4.00. The molecule has 0 spiro atoms. The highest BCUT2D eigenvalue weighted by Gasteiger charge is 2.29. The van der Waals surface area contributed by atoms with E-state index in [1.807, 2.05) is 0 Å². The van der Waals surface area contributed by atoms with Crippen LogP contribution in [0.25, 0.3) is 0 Å². The van der Waals surface area contributed by atoms with Crippen molar-refractivity contribution in [2.45, 2.75) is 45.1 Å². The maximum atomic E-state index is 8.61. The maximum absolute atomic E-state index is 8.61. The molecule has 1 heterocycles. The molecule has 0 aromatic heterocycles. The number of likely N-dealkylation sites (tertiary alicyclic amines) is 1. The molecule has 1 saturated heterocycles. The highest BCUT2D eigenvalue weighted by atomic mass is 16.4. The molecule has 1 unspecified atom stereocenters. The number of rotatable bonds is 3. The number of hydrogen-bond donors (Lipinski definition) is 1. The Balaban J connectivity index is 2.62. The molecule has 0 saturated carbocycles. The van der Waals surface area contributed by atoms with E-state index in [1.165, 1.54) is 19.3 Å². The molecular weight excluding hydrogens is 164 g/mol. The number of oxime groups is 1. The van der Waals surface area contributed by atoms with Crippen LogP contribution in [0.1, 0.15) is 39.5 Å². The Labute approximate surface area is 80.4 Å². The molecule has 1 aliphatic rings. The van der Waals surface area contributed by atoms with Crippen molar-refractivity contribution in [3.05, 3.63) is 0 Å². The average molecular weight is 184 g/mol. The van der Waals surface area contributed by atoms with Gasteiger partial charge in [-0.05, 0) is 39.3 Å². The van der Waals surface area contributed by atoms with E-state index in [4.69, 9.17) is 5.21 Å². The van der Waals surface area contributed by atoms with E-state index in [0.717, 1.165) is 19.5 Å². The van der Waals surface area contributed by atoms with Gasteiger partial charge in [0.2, 0.25) is 0 Å². The van der Waals surface area contributed by atoms with Crippen LogP contribution in [-0.4, -0.2) is 35.0 Å². The Morgan fingerprint density at radius 3 is 2.46 bits per heavy atom. The van der Waals surface area contributed by atoms with Crippen molar-refractivity contribution < 1.29 is 5.21 Å². The van der Waals surface area contributed by atoms with Crippen molar-refractivity contribution in [3.63, 3.8) is 0 Å². The molecule has 1 rings (SSSR count). The van der Waals surface area contributed by atoms with Crippen LogP contribution in [-0.2, 0) is 0 Å². The quantitative estimate of drug-likeness (QED) is 0.414. The highest BCUT2D eigenvalue weighted by Crippen LogP contribution is 2.22. The van der Waals surface area contributed by atoms with Crippen LogP contribution in [0.2, 0.25) is 0 Å². The van der Waals surface area contributed by atoms with Crippen LogP contribution in [0.5, 0.6) is 0 Å². The molecule has 3 nitrogen and oxygen atoms in total. The second-order valence-electron chi connectivity index (χ2n) is 4.00. The van der Waals surface area contributed by atoms with Crippen molar-refractivity contribution in [2.24, 2.45) is 5.16 Å². The van der Waals surface area contributed by atoms with Crippen molar-refractivity contribution in [3.8, 4) is 0 Å². The first-order chi connectivity index (χ1) is 6.23. The first kappa shape index (κ1) is 10.5. The van der Waals surface area contributed by atoms with Crippen LogP contribution in [0, 0.1) is 0 Å². The fraction of sp³-hybridized carbons (Fsp3) is 0.900. The summed E-state index contributed by atoms with van der Waals surface area (Å²) in [7, 11) is 0. The standard InChI is InChI=1S/C10H20N2O/c1-3-10(2,9-11-13)12-7-5-4-6-8-12/h9,13H,3-8H2,1-2H3/b11-9+. The van der Waals surface area contributed by atoms with Crippen LogP contribution in [0.3, 0.4) is 0 Å². The van der Waals surface area contributed by atoms with Gasteiger partial charge in [0.1, 0.15) is 0 Å². The molecule has 0 radical (unpaired) electrons. The number of hydrogen-bond acceptors (Lipinski definition) is 3. The van der Waals surface area contributed by atoms with Crippen molar-refractivity contribution in [1.82, 2.24) is 4.90 Å². The third kappa shape index (κ3) is 2.44. The summed E-state index contributed by atoms with van der Waals surface area (Å²) in [6, 6.07) is 0. The fourth-order valence-electron chi connectivity index (χ4n) is 1.93. The minimum Gasteiger partial charge on any atom is -0.411 e. The first-order valence-electron chi connectivity index (χ1n) is 5.16. The van der Waals surface area contributed by atoms with E-state index in [9.17, 15) is 0 Å². The van der Waals surface area contributed by atoms with Gasteiger partial charge in [0.05, 0.1) is 11.8 Å². The predicted molar refractivity (Wildman–Crippen MR) is 54.4 cm³/mol. The molecule has 3 heteroatoms. The largest absolute Gasteiger partial charge is 0.411 e. The van der Waals surface area contributed by atoms with Crippen LogP contribution < -0.4 is 0 Å². The molecule has 13 heavy (non-hydrogen) atoms. The Hall–Kier alpha value is -0.570. The molecule has 1 fully saturated rings. The minimum atomic E-state index is -0.0465. The molecule has 0 amide bonds. The zero-order valence-corrected chi connectivity index (χ0v) is 8.66. The monoisotopic (exact) mass is 184 g/mol. The van der Waals surface area contributed by atoms with E-state index in [-0.39, 0.29) is 5.54 Å². The first-order valence-corrected chi connectivity index (χ1v) is 5.16. The van der Waals surface area contributed by atoms with Crippen molar-refractivity contribution >= 4 is 6.21 Å². The van der Waals surface area contributed by atoms with Gasteiger partial charge < -0.3 is 5.21 Å². The van der Waals surface area contributed by atoms with Gasteiger partial charge in [-0.2, -0.15) is 0 Å². The summed E-state index contributed by atoms with van der Waals surface area (Å²) < 4.78 is 0. The predicted octanol–water partition coefficient (Wildman–Crippen LogP) is 2.10. The van der Waals surface area contributed by atoms with E-state index in [2.05, 4.69) is 23.9 Å². The van der Waals surface area contributed by atoms with Crippen LogP contribution in [0.4, 0.5) is 0 Å². The smallest absolute Gasteiger partial charge is 0.0636 e. The van der Waals surface area contributed by atoms with E-state index >= 15 is 0 Å². The van der Waals surface area contributed by atoms with Gasteiger partial charge in [-0.25, -0.2) is 0 Å². The lowest BCUT2D eigenvalue weighted by atomic mass is 9.95. The molecule has 0 bridgehead atoms. The van der Waals surface area contributed by atoms with Gasteiger partial charge in [0.15, 0.2) is 0 Å². The SMILES string of the molecule is CCC(C)(/C=N/O)N1CCCCC1. The van der Waals surface area contributed by atoms with Gasteiger partial charge >= 0.3 is 0 Å². The lowest BCUT2D eigenvalue weighted by molar-refractivity contribution is 0.130. The zero-order valence-electron chi connectivity index (χ0n) is 8.66. The van der Waals surface area contributed by atoms with E-state index in [1.54, 1.807) is 6.21 Å². The summed E-state index contributed by atoms with van der Waals surface area (Å²) in [5.41, 5.74) is -0.0465. The molecule has 76 valence electrons. The molecule has 0 aromatic rings. The molecule has 0 aromatic carbocycles. The zero-order chi connectivity index (χ0) is 9.73. The summed E-state index contributed by atoms with van der Waals surface area (Å²) in [5.74, 6) is 0. The van der Waals surface area contributed by atoms with Crippen LogP contribution in [0.15, 0.2) is 5.16 Å². The topological polar surface area (TPSA) is 35.8 Å². The Morgan fingerprint density at radius 2 is 2.00 bits per heavy atom. The lowest BCUT2D eigenvalue weighted by Gasteiger charge is -2.40. The normalized spacial score (nSPS) is 24.8. The maximum Gasteiger partial charge on any atom is 0.0636 e. The Kier molecular flexibility index (Phi) is 3.72. The van der Waals surface area contributed by atoms with Gasteiger partial charge in [0, 0.05) is 0 Å². The Morgan fingerprint density at radius 1 is 1.38 bits per heavy atom. The van der Waals surface area contributed by atoms with Gasteiger partial charge in [-0.1, -0.05) is 13.3 Å². The van der Waals surface area contributed by atoms with Crippen molar-refractivity contribution in [1.29, 1.82) is 0 Å². The van der Waals surface area contributed by atoms with E-state index < -0.39 is 0 Å². The molecule has 0 aliphatic carbocycles. The van der Waals surface area contributed by atoms with Gasteiger partial charge in [0.25, 0.3) is 0 Å². The molecule has 1 N–H and O–H groups in total. The third-order valence-corrected chi connectivity index (χ3v) is 3.13. The summed E-state index contributed by atoms with van der Waals surface area (Å²) in [4.78, 5) is 2.41. The molecule has 1 aliphatic heterocycles. The van der Waals surface area contributed by atoms with Crippen molar-refractivity contribution in [2.75, 3.05) is 13.1 Å². The average Bonchev–Trinajstić information content (AvgIpc) is 2.19. The summed E-state index contributed by atoms with van der Waals surface area (Å²) >= 11 is 0. The van der Waals surface area contributed by atoms with Gasteiger partial charge in [-0.15, -0.1) is 5.16 Å². The molecule has 1 atom stereocenters. The Bertz CT molecular complexity index is 176. The highest BCUT2D eigenvalue weighted by molar-refractivity contribution is 5.68. The third-order valence-electron chi connectivity index (χ3n) is 3.13. The fourth-order valence-corrected chi connectivity index (χ4v) is 1.93. The number of piperidine rings is 1.